The van der Waals surface area contributed by atoms with Crippen LogP contribution >= 0.6 is 11.6 Å². The number of sulfonamides is 1. The highest BCUT2D eigenvalue weighted by molar-refractivity contribution is 7.89. The molecular formula is C16H20ClNO3S. The second kappa shape index (κ2) is 7.42. The lowest BCUT2D eigenvalue weighted by atomic mass is 10.1. The third kappa shape index (κ3) is 3.43. The molecule has 0 aliphatic rings. The molecule has 0 unspecified atom stereocenters. The van der Waals surface area contributed by atoms with Gasteiger partial charge in [0.2, 0.25) is 10.0 Å². The molecule has 4 nitrogen and oxygen atoms in total. The minimum atomic E-state index is -3.62. The van der Waals surface area contributed by atoms with Gasteiger partial charge in [0.15, 0.2) is 0 Å². The summed E-state index contributed by atoms with van der Waals surface area (Å²) >= 11 is 6.25. The number of fused-ring (bicyclic) bond motifs is 1. The third-order valence-corrected chi connectivity index (χ3v) is 5.71. The second-order valence-electron chi connectivity index (χ2n) is 4.99. The lowest BCUT2D eigenvalue weighted by Gasteiger charge is -2.22. The average molecular weight is 342 g/mol. The fourth-order valence-corrected chi connectivity index (χ4v) is 4.50. The molecule has 0 radical (unpaired) electrons. The van der Waals surface area contributed by atoms with Crippen LogP contribution < -0.4 is 0 Å². The first-order valence-corrected chi connectivity index (χ1v) is 9.00. The Labute approximate surface area is 136 Å². The molecule has 0 bridgehead atoms. The first-order chi connectivity index (χ1) is 10.5. The van der Waals surface area contributed by atoms with Crippen LogP contribution in [0.1, 0.15) is 13.3 Å². The van der Waals surface area contributed by atoms with E-state index in [2.05, 4.69) is 0 Å². The van der Waals surface area contributed by atoms with Crippen molar-refractivity contribution in [1.29, 1.82) is 0 Å². The molecule has 0 saturated carbocycles. The Balaban J connectivity index is 2.57. The van der Waals surface area contributed by atoms with Gasteiger partial charge in [-0.2, -0.15) is 4.31 Å². The van der Waals surface area contributed by atoms with Crippen LogP contribution in [0, 0.1) is 0 Å². The van der Waals surface area contributed by atoms with Gasteiger partial charge in [0.05, 0.1) is 11.5 Å². The summed E-state index contributed by atoms with van der Waals surface area (Å²) in [5, 5.41) is 1.84. The van der Waals surface area contributed by atoms with Gasteiger partial charge in [0.25, 0.3) is 0 Å². The van der Waals surface area contributed by atoms with Crippen LogP contribution in [-0.4, -0.2) is 39.5 Å². The molecule has 0 saturated heterocycles. The Morgan fingerprint density at radius 3 is 2.45 bits per heavy atom. The van der Waals surface area contributed by atoms with Crippen molar-refractivity contribution in [3.8, 4) is 0 Å². The van der Waals surface area contributed by atoms with Crippen molar-refractivity contribution < 1.29 is 13.2 Å². The summed E-state index contributed by atoms with van der Waals surface area (Å²) < 4.78 is 32.5. The lowest BCUT2D eigenvalue weighted by Crippen LogP contribution is -2.34. The van der Waals surface area contributed by atoms with Crippen molar-refractivity contribution in [3.63, 3.8) is 0 Å². The molecule has 22 heavy (non-hydrogen) atoms. The maximum Gasteiger partial charge on any atom is 0.243 e. The Bertz CT molecular complexity index is 741. The van der Waals surface area contributed by atoms with Gasteiger partial charge in [0, 0.05) is 30.6 Å². The normalized spacial score (nSPS) is 12.2. The predicted octanol–water partition coefficient (Wildman–Crippen LogP) is 3.54. The van der Waals surface area contributed by atoms with Gasteiger partial charge in [-0.3, -0.25) is 0 Å². The van der Waals surface area contributed by atoms with Crippen molar-refractivity contribution in [2.24, 2.45) is 0 Å². The Kier molecular flexibility index (Phi) is 5.81. The molecule has 2 rings (SSSR count). The molecule has 120 valence electrons. The summed E-state index contributed by atoms with van der Waals surface area (Å²) in [6, 6.07) is 10.6. The first kappa shape index (κ1) is 17.2. The van der Waals surface area contributed by atoms with E-state index in [1.807, 2.05) is 25.1 Å². The van der Waals surface area contributed by atoms with Crippen LogP contribution in [0.25, 0.3) is 10.8 Å². The molecule has 0 atom stereocenters. The van der Waals surface area contributed by atoms with E-state index in [1.54, 1.807) is 25.3 Å². The second-order valence-corrected chi connectivity index (χ2v) is 7.30. The fourth-order valence-electron chi connectivity index (χ4n) is 2.41. The van der Waals surface area contributed by atoms with Gasteiger partial charge in [-0.1, -0.05) is 42.8 Å². The van der Waals surface area contributed by atoms with Gasteiger partial charge in [-0.15, -0.1) is 0 Å². The number of nitrogens with zero attached hydrogens (tertiary/aromatic N) is 1. The van der Waals surface area contributed by atoms with E-state index >= 15 is 0 Å². The van der Waals surface area contributed by atoms with Crippen LogP contribution in [0.5, 0.6) is 0 Å². The fraction of sp³-hybridized carbons (Fsp3) is 0.375. The number of hydrogen-bond donors (Lipinski definition) is 0. The molecule has 2 aromatic carbocycles. The topological polar surface area (TPSA) is 46.6 Å². The molecule has 6 heteroatoms. The van der Waals surface area contributed by atoms with Gasteiger partial charge in [-0.25, -0.2) is 8.42 Å². The van der Waals surface area contributed by atoms with Gasteiger partial charge < -0.3 is 4.74 Å². The van der Waals surface area contributed by atoms with Crippen LogP contribution in [-0.2, 0) is 14.8 Å². The summed E-state index contributed by atoms with van der Waals surface area (Å²) in [7, 11) is -2.05. The molecule has 0 N–H and O–H groups in total. The van der Waals surface area contributed by atoms with E-state index < -0.39 is 10.0 Å². The van der Waals surface area contributed by atoms with Gasteiger partial charge in [-0.05, 0) is 23.9 Å². The molecule has 2 aromatic rings. The lowest BCUT2D eigenvalue weighted by molar-refractivity contribution is 0.179. The van der Waals surface area contributed by atoms with Crippen molar-refractivity contribution in [2.45, 2.75) is 18.2 Å². The van der Waals surface area contributed by atoms with Crippen LogP contribution in [0.2, 0.25) is 5.02 Å². The SMILES string of the molecule is CCCN(CCOC)S(=O)(=O)c1cccc2cccc(Cl)c12. The highest BCUT2D eigenvalue weighted by Gasteiger charge is 2.26. The van der Waals surface area contributed by atoms with Crippen molar-refractivity contribution in [2.75, 3.05) is 26.8 Å². The highest BCUT2D eigenvalue weighted by Crippen LogP contribution is 2.31. The smallest absolute Gasteiger partial charge is 0.243 e. The summed E-state index contributed by atoms with van der Waals surface area (Å²) in [4.78, 5) is 0.250. The predicted molar refractivity (Wildman–Crippen MR) is 89.9 cm³/mol. The Morgan fingerprint density at radius 2 is 1.82 bits per heavy atom. The number of halogens is 1. The first-order valence-electron chi connectivity index (χ1n) is 7.18. The molecule has 0 amide bonds. The molecule has 0 fully saturated rings. The van der Waals surface area contributed by atoms with E-state index in [0.29, 0.717) is 30.1 Å². The summed E-state index contributed by atoms with van der Waals surface area (Å²) in [5.74, 6) is 0. The maximum absolute atomic E-state index is 13.0. The van der Waals surface area contributed by atoms with E-state index in [0.717, 1.165) is 11.8 Å². The monoisotopic (exact) mass is 341 g/mol. The molecule has 0 heterocycles. The van der Waals surface area contributed by atoms with Crippen molar-refractivity contribution in [1.82, 2.24) is 4.31 Å². The van der Waals surface area contributed by atoms with Gasteiger partial charge in [0.1, 0.15) is 0 Å². The van der Waals surface area contributed by atoms with E-state index in [4.69, 9.17) is 16.3 Å². The van der Waals surface area contributed by atoms with E-state index in [1.165, 1.54) is 4.31 Å². The third-order valence-electron chi connectivity index (χ3n) is 3.45. The largest absolute Gasteiger partial charge is 0.383 e. The van der Waals surface area contributed by atoms with Crippen LogP contribution in [0.3, 0.4) is 0 Å². The van der Waals surface area contributed by atoms with Gasteiger partial charge >= 0.3 is 0 Å². The molecule has 0 aliphatic carbocycles. The Morgan fingerprint density at radius 1 is 1.14 bits per heavy atom. The molecule has 0 aliphatic heterocycles. The number of hydrogen-bond acceptors (Lipinski definition) is 3. The van der Waals surface area contributed by atoms with Crippen LogP contribution in [0.4, 0.5) is 0 Å². The zero-order valence-electron chi connectivity index (χ0n) is 12.8. The minimum Gasteiger partial charge on any atom is -0.383 e. The molecule has 0 spiro atoms. The Hall–Kier alpha value is -1.14. The minimum absolute atomic E-state index is 0.250. The average Bonchev–Trinajstić information content (AvgIpc) is 2.51. The van der Waals surface area contributed by atoms with Crippen LogP contribution in [0.15, 0.2) is 41.3 Å². The molecular weight excluding hydrogens is 322 g/mol. The summed E-state index contributed by atoms with van der Waals surface area (Å²) in [6.45, 7) is 3.09. The summed E-state index contributed by atoms with van der Waals surface area (Å²) in [6.07, 6.45) is 0.738. The number of ether oxygens (including phenoxy) is 1. The molecule has 0 aromatic heterocycles. The summed E-state index contributed by atoms with van der Waals surface area (Å²) in [5.41, 5.74) is 0. The maximum atomic E-state index is 13.0. The van der Waals surface area contributed by atoms with Crippen molar-refractivity contribution >= 4 is 32.4 Å². The zero-order chi connectivity index (χ0) is 16.2. The number of rotatable bonds is 7. The number of methoxy groups -OCH3 is 1. The quantitative estimate of drug-likeness (QED) is 0.773. The standard InChI is InChI=1S/C16H20ClNO3S/c1-3-10-18(11-12-21-2)22(19,20)15-9-5-7-13-6-4-8-14(17)16(13)15/h4-9H,3,10-12H2,1-2H3. The van der Waals surface area contributed by atoms with Crippen molar-refractivity contribution in [3.05, 3.63) is 41.4 Å². The van der Waals surface area contributed by atoms with E-state index in [9.17, 15) is 8.42 Å². The highest BCUT2D eigenvalue weighted by atomic mass is 35.5. The van der Waals surface area contributed by atoms with E-state index in [-0.39, 0.29) is 4.90 Å². The zero-order valence-corrected chi connectivity index (χ0v) is 14.3. The number of benzene rings is 2.